The molecule has 4 aliphatic carbocycles. The summed E-state index contributed by atoms with van der Waals surface area (Å²) in [6.07, 6.45) is 5.23. The van der Waals surface area contributed by atoms with Crippen molar-refractivity contribution in [2.24, 2.45) is 23.2 Å². The summed E-state index contributed by atoms with van der Waals surface area (Å²) in [6.45, 7) is 5.70. The molecule has 1 aromatic rings. The minimum atomic E-state index is -0.760. The van der Waals surface area contributed by atoms with Crippen molar-refractivity contribution in [1.82, 2.24) is 0 Å². The molecule has 0 aromatic carbocycles. The lowest BCUT2D eigenvalue weighted by Gasteiger charge is -2.58. The first-order chi connectivity index (χ1) is 15.1. The average molecular weight is 464 g/mol. The lowest BCUT2D eigenvalue weighted by molar-refractivity contribution is -0.196. The van der Waals surface area contributed by atoms with Crippen molar-refractivity contribution in [2.45, 2.75) is 71.3 Å². The maximum Gasteiger partial charge on any atom is 0.341 e. The first-order valence-electron chi connectivity index (χ1n) is 11.6. The van der Waals surface area contributed by atoms with Crippen molar-refractivity contribution in [3.05, 3.63) is 16.5 Å². The van der Waals surface area contributed by atoms with E-state index in [9.17, 15) is 19.5 Å². The zero-order valence-corrected chi connectivity index (χ0v) is 19.9. The third-order valence-corrected chi connectivity index (χ3v) is 7.97. The Balaban J connectivity index is 1.40. The van der Waals surface area contributed by atoms with Crippen LogP contribution in [0.25, 0.3) is 0 Å². The quantitative estimate of drug-likeness (QED) is 0.566. The number of esters is 2. The largest absolute Gasteiger partial charge is 0.462 e. The van der Waals surface area contributed by atoms with Crippen LogP contribution in [-0.2, 0) is 25.5 Å². The van der Waals surface area contributed by atoms with Crippen LogP contribution in [0.5, 0.6) is 0 Å². The number of rotatable bonds is 8. The van der Waals surface area contributed by atoms with Crippen LogP contribution in [0.4, 0.5) is 5.00 Å². The Morgan fingerprint density at radius 3 is 2.47 bits per heavy atom. The Bertz CT molecular complexity index is 892. The van der Waals surface area contributed by atoms with Gasteiger partial charge in [-0.15, -0.1) is 11.3 Å². The van der Waals surface area contributed by atoms with Crippen molar-refractivity contribution in [1.29, 1.82) is 0 Å². The van der Waals surface area contributed by atoms with Crippen molar-refractivity contribution in [3.8, 4) is 0 Å². The number of thiophene rings is 1. The summed E-state index contributed by atoms with van der Waals surface area (Å²) in [5, 5.41) is 15.9. The number of amides is 1. The summed E-state index contributed by atoms with van der Waals surface area (Å²) >= 11 is 1.28. The number of hydrogen-bond acceptors (Lipinski definition) is 7. The second-order valence-electron chi connectivity index (χ2n) is 10.4. The summed E-state index contributed by atoms with van der Waals surface area (Å²) in [7, 11) is 0. The second kappa shape index (κ2) is 8.78. The SMILES string of the molecule is CCOC(=O)c1c(CC(C)C)csc1NC(=O)COC(=O)C12CC3CC(CC(O)(C3)C1)C2. The fraction of sp³-hybridized carbons (Fsp3) is 0.708. The van der Waals surface area contributed by atoms with Gasteiger partial charge in [0.1, 0.15) is 5.00 Å². The highest BCUT2D eigenvalue weighted by Gasteiger charge is 2.60. The van der Waals surface area contributed by atoms with Gasteiger partial charge in [-0.1, -0.05) is 13.8 Å². The molecule has 4 fully saturated rings. The predicted octanol–water partition coefficient (Wildman–Crippen LogP) is 3.94. The van der Waals surface area contributed by atoms with Crippen LogP contribution in [0.3, 0.4) is 0 Å². The summed E-state index contributed by atoms with van der Waals surface area (Å²) in [5.41, 5.74) is -0.196. The first kappa shape index (κ1) is 23.2. The Hall–Kier alpha value is -1.93. The number of aliphatic hydroxyl groups is 1. The average Bonchev–Trinajstić information content (AvgIpc) is 3.05. The van der Waals surface area contributed by atoms with E-state index < -0.39 is 29.5 Å². The molecular weight excluding hydrogens is 430 g/mol. The highest BCUT2D eigenvalue weighted by Crippen LogP contribution is 2.61. The van der Waals surface area contributed by atoms with E-state index in [1.807, 2.05) is 5.38 Å². The third-order valence-electron chi connectivity index (χ3n) is 7.03. The van der Waals surface area contributed by atoms with E-state index in [1.165, 1.54) is 11.3 Å². The molecule has 4 aliphatic rings. The molecule has 2 N–H and O–H groups in total. The number of carbonyl (C=O) groups excluding carboxylic acids is 3. The van der Waals surface area contributed by atoms with Crippen molar-refractivity contribution < 1.29 is 29.0 Å². The molecule has 7 nitrogen and oxygen atoms in total. The molecule has 5 rings (SSSR count). The topological polar surface area (TPSA) is 102 Å². The molecule has 4 bridgehead atoms. The van der Waals surface area contributed by atoms with Gasteiger partial charge in [0.2, 0.25) is 0 Å². The zero-order valence-electron chi connectivity index (χ0n) is 19.1. The van der Waals surface area contributed by atoms with Gasteiger partial charge in [-0.2, -0.15) is 0 Å². The molecule has 0 saturated heterocycles. The van der Waals surface area contributed by atoms with Crippen molar-refractivity contribution in [3.63, 3.8) is 0 Å². The number of hydrogen-bond donors (Lipinski definition) is 2. The smallest absolute Gasteiger partial charge is 0.341 e. The molecule has 4 saturated carbocycles. The number of ether oxygens (including phenoxy) is 2. The fourth-order valence-electron chi connectivity index (χ4n) is 6.40. The maximum atomic E-state index is 13.0. The molecule has 0 radical (unpaired) electrons. The van der Waals surface area contributed by atoms with Gasteiger partial charge in [0.25, 0.3) is 5.91 Å². The van der Waals surface area contributed by atoms with Gasteiger partial charge in [-0.3, -0.25) is 9.59 Å². The van der Waals surface area contributed by atoms with Gasteiger partial charge in [0.05, 0.1) is 23.2 Å². The molecule has 1 amide bonds. The van der Waals surface area contributed by atoms with Crippen LogP contribution in [0, 0.1) is 23.2 Å². The highest BCUT2D eigenvalue weighted by atomic mass is 32.1. The second-order valence-corrected chi connectivity index (χ2v) is 11.3. The van der Waals surface area contributed by atoms with E-state index in [4.69, 9.17) is 9.47 Å². The Morgan fingerprint density at radius 1 is 1.19 bits per heavy atom. The van der Waals surface area contributed by atoms with Crippen molar-refractivity contribution in [2.75, 3.05) is 18.5 Å². The van der Waals surface area contributed by atoms with Crippen LogP contribution in [0.1, 0.15) is 75.2 Å². The van der Waals surface area contributed by atoms with Crippen LogP contribution >= 0.6 is 11.3 Å². The predicted molar refractivity (Wildman–Crippen MR) is 120 cm³/mol. The lowest BCUT2D eigenvalue weighted by atomic mass is 9.48. The van der Waals surface area contributed by atoms with E-state index in [0.717, 1.165) is 37.7 Å². The summed E-state index contributed by atoms with van der Waals surface area (Å²) in [6, 6.07) is 0. The Morgan fingerprint density at radius 2 is 1.88 bits per heavy atom. The van der Waals surface area contributed by atoms with Crippen LogP contribution < -0.4 is 5.32 Å². The number of nitrogens with one attached hydrogen (secondary N) is 1. The van der Waals surface area contributed by atoms with Gasteiger partial charge in [-0.05, 0) is 80.6 Å². The molecule has 1 heterocycles. The minimum Gasteiger partial charge on any atom is -0.462 e. The summed E-state index contributed by atoms with van der Waals surface area (Å²) in [5.74, 6) is -0.251. The Labute approximate surface area is 192 Å². The van der Waals surface area contributed by atoms with Gasteiger partial charge in [-0.25, -0.2) is 4.79 Å². The van der Waals surface area contributed by atoms with Crippen molar-refractivity contribution >= 4 is 34.2 Å². The lowest BCUT2D eigenvalue weighted by Crippen LogP contribution is -2.58. The van der Waals surface area contributed by atoms with Gasteiger partial charge in [0, 0.05) is 0 Å². The third kappa shape index (κ3) is 4.57. The molecule has 0 aliphatic heterocycles. The molecule has 2 unspecified atom stereocenters. The summed E-state index contributed by atoms with van der Waals surface area (Å²) in [4.78, 5) is 38.1. The highest BCUT2D eigenvalue weighted by molar-refractivity contribution is 7.15. The van der Waals surface area contributed by atoms with E-state index in [-0.39, 0.29) is 12.6 Å². The fourth-order valence-corrected chi connectivity index (χ4v) is 7.38. The molecule has 32 heavy (non-hydrogen) atoms. The van der Waals surface area contributed by atoms with Gasteiger partial charge in [0.15, 0.2) is 6.61 Å². The van der Waals surface area contributed by atoms with Crippen LogP contribution in [0.15, 0.2) is 5.38 Å². The zero-order chi connectivity index (χ0) is 23.1. The van der Waals surface area contributed by atoms with Crippen LogP contribution in [-0.4, -0.2) is 41.8 Å². The van der Waals surface area contributed by atoms with E-state index in [0.29, 0.717) is 41.2 Å². The number of carbonyl (C=O) groups is 3. The normalized spacial score (nSPS) is 30.4. The number of anilines is 1. The minimum absolute atomic E-state index is 0.247. The maximum absolute atomic E-state index is 13.0. The Kier molecular flexibility index (Phi) is 6.38. The van der Waals surface area contributed by atoms with Gasteiger partial charge < -0.3 is 19.9 Å². The summed E-state index contributed by atoms with van der Waals surface area (Å²) < 4.78 is 10.6. The molecule has 2 atom stereocenters. The van der Waals surface area contributed by atoms with Gasteiger partial charge >= 0.3 is 11.9 Å². The van der Waals surface area contributed by atoms with E-state index in [2.05, 4.69) is 19.2 Å². The van der Waals surface area contributed by atoms with Crippen LogP contribution in [0.2, 0.25) is 0 Å². The monoisotopic (exact) mass is 463 g/mol. The molecular formula is C24H33NO6S. The standard InChI is InChI=1S/C24H33NO6S/c1-4-30-21(27)19-17(5-14(2)3)12-32-20(19)25-18(26)11-31-22(28)23-7-15-6-16(8-23)10-24(29,9-15)13-23/h12,14-16,29H,4-11,13H2,1-3H3,(H,25,26). The molecule has 0 spiro atoms. The van der Waals surface area contributed by atoms with E-state index >= 15 is 0 Å². The molecule has 8 heteroatoms. The molecule has 1 aromatic heterocycles. The first-order valence-corrected chi connectivity index (χ1v) is 12.5. The van der Waals surface area contributed by atoms with E-state index in [1.54, 1.807) is 6.92 Å². The molecule has 176 valence electrons.